The van der Waals surface area contributed by atoms with Crippen LogP contribution in [0.1, 0.15) is 29.5 Å². The Kier molecular flexibility index (Phi) is 8.21. The van der Waals surface area contributed by atoms with Gasteiger partial charge in [0.15, 0.2) is 11.5 Å². The van der Waals surface area contributed by atoms with Crippen LogP contribution in [0.3, 0.4) is 0 Å². The lowest BCUT2D eigenvalue weighted by atomic mass is 10.0. The van der Waals surface area contributed by atoms with Crippen LogP contribution >= 0.6 is 15.9 Å². The van der Waals surface area contributed by atoms with Gasteiger partial charge in [-0.15, -0.1) is 0 Å². The maximum Gasteiger partial charge on any atom is 0.175 e. The van der Waals surface area contributed by atoms with Crippen molar-refractivity contribution in [2.24, 2.45) is 0 Å². The number of rotatable bonds is 9. The van der Waals surface area contributed by atoms with Crippen molar-refractivity contribution in [3.63, 3.8) is 0 Å². The SMILES string of the molecule is COc1cc(CNC2CCN(Cc3ccccc3)CC2)cc(Br)c1OCc1ccccc1. The molecule has 0 atom stereocenters. The molecule has 0 radical (unpaired) electrons. The third kappa shape index (κ3) is 6.35. The summed E-state index contributed by atoms with van der Waals surface area (Å²) in [6, 6.07) is 25.6. The zero-order valence-electron chi connectivity index (χ0n) is 18.6. The van der Waals surface area contributed by atoms with Crippen molar-refractivity contribution >= 4 is 15.9 Å². The Balaban J connectivity index is 1.28. The van der Waals surface area contributed by atoms with E-state index in [1.165, 1.54) is 24.0 Å². The summed E-state index contributed by atoms with van der Waals surface area (Å²) in [5.41, 5.74) is 3.71. The van der Waals surface area contributed by atoms with Crippen LogP contribution in [0.25, 0.3) is 0 Å². The quantitative estimate of drug-likeness (QED) is 0.408. The third-order valence-electron chi connectivity index (χ3n) is 5.95. The molecular formula is C27H31BrN2O2. The van der Waals surface area contributed by atoms with Gasteiger partial charge >= 0.3 is 0 Å². The highest BCUT2D eigenvalue weighted by Crippen LogP contribution is 2.37. The summed E-state index contributed by atoms with van der Waals surface area (Å²) in [5, 5.41) is 3.73. The predicted octanol–water partition coefficient (Wildman–Crippen LogP) is 5.79. The largest absolute Gasteiger partial charge is 0.493 e. The van der Waals surface area contributed by atoms with Crippen LogP contribution in [0, 0.1) is 0 Å². The van der Waals surface area contributed by atoms with Gasteiger partial charge in [-0.2, -0.15) is 0 Å². The highest BCUT2D eigenvalue weighted by Gasteiger charge is 2.19. The van der Waals surface area contributed by atoms with E-state index in [4.69, 9.17) is 9.47 Å². The molecule has 1 aliphatic heterocycles. The van der Waals surface area contributed by atoms with Crippen LogP contribution in [0.4, 0.5) is 0 Å². The van der Waals surface area contributed by atoms with E-state index in [1.807, 2.05) is 18.2 Å². The van der Waals surface area contributed by atoms with E-state index in [-0.39, 0.29) is 0 Å². The Hall–Kier alpha value is -2.34. The Morgan fingerprint density at radius 2 is 1.56 bits per heavy atom. The molecule has 1 fully saturated rings. The van der Waals surface area contributed by atoms with Crippen molar-refractivity contribution in [2.75, 3.05) is 20.2 Å². The minimum Gasteiger partial charge on any atom is -0.493 e. The van der Waals surface area contributed by atoms with E-state index < -0.39 is 0 Å². The molecule has 1 aliphatic rings. The lowest BCUT2D eigenvalue weighted by molar-refractivity contribution is 0.190. The zero-order chi connectivity index (χ0) is 22.2. The molecule has 32 heavy (non-hydrogen) atoms. The number of nitrogens with one attached hydrogen (secondary N) is 1. The summed E-state index contributed by atoms with van der Waals surface area (Å²) in [7, 11) is 1.69. The number of ether oxygens (including phenoxy) is 2. The van der Waals surface area contributed by atoms with Crippen LogP contribution in [-0.4, -0.2) is 31.1 Å². The summed E-state index contributed by atoms with van der Waals surface area (Å²) in [4.78, 5) is 2.55. The van der Waals surface area contributed by atoms with Crippen molar-refractivity contribution in [3.8, 4) is 11.5 Å². The Labute approximate surface area is 199 Å². The lowest BCUT2D eigenvalue weighted by Crippen LogP contribution is -2.41. The number of likely N-dealkylation sites (tertiary alicyclic amines) is 1. The van der Waals surface area contributed by atoms with Gasteiger partial charge in [0.25, 0.3) is 0 Å². The molecule has 0 aliphatic carbocycles. The standard InChI is InChI=1S/C27H31BrN2O2/c1-31-26-17-23(16-25(28)27(26)32-20-22-10-6-3-7-11-22)18-29-24-12-14-30(15-13-24)19-21-8-4-2-5-9-21/h2-11,16-17,24,29H,12-15,18-20H2,1H3. The summed E-state index contributed by atoms with van der Waals surface area (Å²) in [6.45, 7) is 4.63. The molecule has 0 spiro atoms. The minimum atomic E-state index is 0.509. The topological polar surface area (TPSA) is 33.7 Å². The van der Waals surface area contributed by atoms with Gasteiger partial charge in [0.2, 0.25) is 0 Å². The number of hydrogen-bond donors (Lipinski definition) is 1. The fourth-order valence-corrected chi connectivity index (χ4v) is 4.75. The van der Waals surface area contributed by atoms with Crippen LogP contribution in [0.15, 0.2) is 77.3 Å². The summed E-state index contributed by atoms with van der Waals surface area (Å²) in [6.07, 6.45) is 2.34. The van der Waals surface area contributed by atoms with Crippen LogP contribution in [-0.2, 0) is 19.7 Å². The Morgan fingerprint density at radius 1 is 0.906 bits per heavy atom. The molecule has 1 heterocycles. The number of nitrogens with zero attached hydrogens (tertiary/aromatic N) is 1. The van der Waals surface area contributed by atoms with Crippen molar-refractivity contribution in [2.45, 2.75) is 38.6 Å². The van der Waals surface area contributed by atoms with E-state index >= 15 is 0 Å². The summed E-state index contributed by atoms with van der Waals surface area (Å²) in [5.74, 6) is 1.50. The zero-order valence-corrected chi connectivity index (χ0v) is 20.2. The van der Waals surface area contributed by atoms with Crippen LogP contribution in [0.2, 0.25) is 0 Å². The molecule has 0 amide bonds. The van der Waals surface area contributed by atoms with Gasteiger partial charge in [-0.05, 0) is 70.7 Å². The number of methoxy groups -OCH3 is 1. The predicted molar refractivity (Wildman–Crippen MR) is 133 cm³/mol. The second-order valence-electron chi connectivity index (χ2n) is 8.30. The van der Waals surface area contributed by atoms with Gasteiger partial charge in [-0.25, -0.2) is 0 Å². The fraction of sp³-hybridized carbons (Fsp3) is 0.333. The Bertz CT molecular complexity index is 974. The molecule has 3 aromatic carbocycles. The van der Waals surface area contributed by atoms with Crippen LogP contribution < -0.4 is 14.8 Å². The first-order valence-corrected chi connectivity index (χ1v) is 12.0. The molecule has 1 N–H and O–H groups in total. The second-order valence-corrected chi connectivity index (χ2v) is 9.15. The minimum absolute atomic E-state index is 0.509. The molecule has 4 nitrogen and oxygen atoms in total. The first kappa shape index (κ1) is 22.8. The van der Waals surface area contributed by atoms with E-state index in [0.717, 1.165) is 47.7 Å². The van der Waals surface area contributed by atoms with Gasteiger partial charge in [0.1, 0.15) is 6.61 Å². The highest BCUT2D eigenvalue weighted by atomic mass is 79.9. The van der Waals surface area contributed by atoms with Crippen molar-refractivity contribution < 1.29 is 9.47 Å². The smallest absolute Gasteiger partial charge is 0.175 e. The van der Waals surface area contributed by atoms with Gasteiger partial charge in [-0.3, -0.25) is 4.90 Å². The van der Waals surface area contributed by atoms with E-state index in [0.29, 0.717) is 12.6 Å². The van der Waals surface area contributed by atoms with Crippen molar-refractivity contribution in [1.82, 2.24) is 10.2 Å². The fourth-order valence-electron chi connectivity index (χ4n) is 4.14. The van der Waals surface area contributed by atoms with Gasteiger partial charge in [0, 0.05) is 19.1 Å². The highest BCUT2D eigenvalue weighted by molar-refractivity contribution is 9.10. The van der Waals surface area contributed by atoms with Crippen molar-refractivity contribution in [1.29, 1.82) is 0 Å². The Morgan fingerprint density at radius 3 is 2.22 bits per heavy atom. The average Bonchev–Trinajstić information content (AvgIpc) is 2.84. The molecular weight excluding hydrogens is 464 g/mol. The van der Waals surface area contributed by atoms with Gasteiger partial charge < -0.3 is 14.8 Å². The summed E-state index contributed by atoms with van der Waals surface area (Å²) >= 11 is 3.68. The maximum absolute atomic E-state index is 6.06. The molecule has 0 unspecified atom stereocenters. The number of piperidine rings is 1. The first-order valence-electron chi connectivity index (χ1n) is 11.2. The second kappa shape index (κ2) is 11.5. The van der Waals surface area contributed by atoms with Crippen molar-refractivity contribution in [3.05, 3.63) is 94.0 Å². The molecule has 3 aromatic rings. The number of halogens is 1. The monoisotopic (exact) mass is 494 g/mol. The maximum atomic E-state index is 6.06. The van der Waals surface area contributed by atoms with E-state index in [9.17, 15) is 0 Å². The molecule has 1 saturated heterocycles. The molecule has 5 heteroatoms. The van der Waals surface area contributed by atoms with Gasteiger partial charge in [-0.1, -0.05) is 60.7 Å². The van der Waals surface area contributed by atoms with Gasteiger partial charge in [0.05, 0.1) is 11.6 Å². The average molecular weight is 495 g/mol. The molecule has 168 valence electrons. The van der Waals surface area contributed by atoms with E-state index in [1.54, 1.807) is 7.11 Å². The molecule has 0 aromatic heterocycles. The third-order valence-corrected chi connectivity index (χ3v) is 6.54. The first-order chi connectivity index (χ1) is 15.7. The number of hydrogen-bond acceptors (Lipinski definition) is 4. The lowest BCUT2D eigenvalue weighted by Gasteiger charge is -2.32. The van der Waals surface area contributed by atoms with Crippen LogP contribution in [0.5, 0.6) is 11.5 Å². The molecule has 4 rings (SSSR count). The summed E-state index contributed by atoms with van der Waals surface area (Å²) < 4.78 is 12.6. The molecule has 0 bridgehead atoms. The van der Waals surface area contributed by atoms with E-state index in [2.05, 4.69) is 80.7 Å². The number of benzene rings is 3. The molecule has 0 saturated carbocycles. The normalized spacial score (nSPS) is 14.9.